The molecule has 1 unspecified atom stereocenters. The van der Waals surface area contributed by atoms with Crippen LogP contribution in [0, 0.1) is 5.82 Å². The minimum absolute atomic E-state index is 0. The molecule has 5 N–H and O–H groups in total. The second kappa shape index (κ2) is 8.24. The first-order valence-corrected chi connectivity index (χ1v) is 7.08. The summed E-state index contributed by atoms with van der Waals surface area (Å²) in [5.41, 5.74) is 14.8. The molecule has 0 fully saturated rings. The van der Waals surface area contributed by atoms with E-state index in [1.165, 1.54) is 12.1 Å². The summed E-state index contributed by atoms with van der Waals surface area (Å²) in [5, 5.41) is 3.10. The second-order valence-corrected chi connectivity index (χ2v) is 5.39. The van der Waals surface area contributed by atoms with Crippen LogP contribution in [-0.4, -0.2) is 0 Å². The van der Waals surface area contributed by atoms with Crippen molar-refractivity contribution in [3.63, 3.8) is 0 Å². The Labute approximate surface area is 152 Å². The fourth-order valence-corrected chi connectivity index (χ4v) is 2.41. The van der Waals surface area contributed by atoms with Crippen LogP contribution in [0.5, 0.6) is 5.75 Å². The van der Waals surface area contributed by atoms with E-state index in [4.69, 9.17) is 16.2 Å². The molecule has 1 aliphatic rings. The zero-order chi connectivity index (χ0) is 15.7. The molecule has 7 heteroatoms. The number of nitrogens with one attached hydrogen (secondary N) is 1. The summed E-state index contributed by atoms with van der Waals surface area (Å²) in [5.74, 6) is 1.63. The van der Waals surface area contributed by atoms with Crippen molar-refractivity contribution in [3.05, 3.63) is 71.0 Å². The van der Waals surface area contributed by atoms with Gasteiger partial charge in [-0.25, -0.2) is 4.39 Å². The van der Waals surface area contributed by atoms with Gasteiger partial charge in [-0.3, -0.25) is 0 Å². The number of rotatable bonds is 3. The molecule has 1 atom stereocenters. The van der Waals surface area contributed by atoms with Gasteiger partial charge in [0.1, 0.15) is 17.4 Å². The van der Waals surface area contributed by atoms with Crippen LogP contribution < -0.4 is 21.5 Å². The average molecular weight is 372 g/mol. The lowest BCUT2D eigenvalue weighted by Gasteiger charge is -2.22. The first kappa shape index (κ1) is 20.1. The van der Waals surface area contributed by atoms with Gasteiger partial charge in [-0.05, 0) is 48.7 Å². The van der Waals surface area contributed by atoms with Crippen LogP contribution in [0.25, 0.3) is 0 Å². The Hall–Kier alpha value is -1.95. The molecule has 0 aliphatic carbocycles. The number of benzene rings is 2. The van der Waals surface area contributed by atoms with E-state index in [-0.39, 0.29) is 36.7 Å². The van der Waals surface area contributed by atoms with Crippen LogP contribution in [-0.2, 0) is 6.42 Å². The smallest absolute Gasteiger partial charge is 0.150 e. The fraction of sp³-hybridized carbons (Fsp3) is 0.176. The van der Waals surface area contributed by atoms with E-state index in [1.807, 2.05) is 18.2 Å². The predicted octanol–water partition coefficient (Wildman–Crippen LogP) is 3.86. The SMILES string of the molecule is CC1=C(N)Nc2cc(C(N)Cc3ccc(F)cc3)ccc2O1.Cl.Cl. The average Bonchev–Trinajstić information content (AvgIpc) is 2.50. The van der Waals surface area contributed by atoms with Gasteiger partial charge >= 0.3 is 0 Å². The Bertz CT molecular complexity index is 735. The van der Waals surface area contributed by atoms with Crippen molar-refractivity contribution in [2.24, 2.45) is 11.5 Å². The molecule has 0 saturated carbocycles. The molecule has 2 aromatic rings. The third-order valence-electron chi connectivity index (χ3n) is 3.71. The standard InChI is InChI=1S/C17H18FN3O.2ClH/c1-10-17(20)21-15-9-12(4-7-16(15)22-10)14(19)8-11-2-5-13(18)6-3-11;;/h2-7,9,14,21H,8,19-20H2,1H3;2*1H. The maximum Gasteiger partial charge on any atom is 0.150 e. The molecule has 0 saturated heterocycles. The lowest BCUT2D eigenvalue weighted by atomic mass is 9.99. The molecule has 2 aromatic carbocycles. The Morgan fingerprint density at radius 2 is 1.79 bits per heavy atom. The van der Waals surface area contributed by atoms with Gasteiger partial charge in [0.15, 0.2) is 5.75 Å². The quantitative estimate of drug-likeness (QED) is 0.765. The molecule has 130 valence electrons. The van der Waals surface area contributed by atoms with Gasteiger partial charge in [0, 0.05) is 6.04 Å². The van der Waals surface area contributed by atoms with Crippen LogP contribution in [0.15, 0.2) is 54.0 Å². The number of halogens is 3. The molecule has 24 heavy (non-hydrogen) atoms. The molecule has 0 radical (unpaired) electrons. The fourth-order valence-electron chi connectivity index (χ4n) is 2.41. The van der Waals surface area contributed by atoms with Crippen LogP contribution >= 0.6 is 24.8 Å². The van der Waals surface area contributed by atoms with Gasteiger partial charge < -0.3 is 21.5 Å². The van der Waals surface area contributed by atoms with E-state index >= 15 is 0 Å². The van der Waals surface area contributed by atoms with Crippen LogP contribution in [0.4, 0.5) is 10.1 Å². The summed E-state index contributed by atoms with van der Waals surface area (Å²) < 4.78 is 18.6. The van der Waals surface area contributed by atoms with Crippen LogP contribution in [0.2, 0.25) is 0 Å². The van der Waals surface area contributed by atoms with E-state index < -0.39 is 0 Å². The second-order valence-electron chi connectivity index (χ2n) is 5.39. The predicted molar refractivity (Wildman–Crippen MR) is 99.1 cm³/mol. The molecular weight excluding hydrogens is 352 g/mol. The van der Waals surface area contributed by atoms with E-state index in [9.17, 15) is 4.39 Å². The number of hydrogen-bond donors (Lipinski definition) is 3. The van der Waals surface area contributed by atoms with Gasteiger partial charge in [0.2, 0.25) is 0 Å². The van der Waals surface area contributed by atoms with E-state index in [1.54, 1.807) is 19.1 Å². The molecule has 0 amide bonds. The Morgan fingerprint density at radius 1 is 1.12 bits per heavy atom. The van der Waals surface area contributed by atoms with Gasteiger partial charge in [0.25, 0.3) is 0 Å². The van der Waals surface area contributed by atoms with Gasteiger partial charge in [-0.1, -0.05) is 18.2 Å². The summed E-state index contributed by atoms with van der Waals surface area (Å²) in [6.07, 6.45) is 0.629. The Kier molecular flexibility index (Phi) is 6.90. The van der Waals surface area contributed by atoms with E-state index in [0.29, 0.717) is 18.0 Å². The number of fused-ring (bicyclic) bond motifs is 1. The minimum Gasteiger partial charge on any atom is -0.456 e. The zero-order valence-electron chi connectivity index (χ0n) is 13.1. The molecule has 4 nitrogen and oxygen atoms in total. The minimum atomic E-state index is -0.245. The summed E-state index contributed by atoms with van der Waals surface area (Å²) in [7, 11) is 0. The molecule has 1 heterocycles. The van der Waals surface area contributed by atoms with Crippen LogP contribution in [0.3, 0.4) is 0 Å². The molecule has 1 aliphatic heterocycles. The number of nitrogens with two attached hydrogens (primary N) is 2. The highest BCUT2D eigenvalue weighted by molar-refractivity contribution is 5.85. The summed E-state index contributed by atoms with van der Waals surface area (Å²) in [6, 6.07) is 11.9. The Morgan fingerprint density at radius 3 is 2.46 bits per heavy atom. The maximum absolute atomic E-state index is 12.9. The van der Waals surface area contributed by atoms with Gasteiger partial charge in [-0.2, -0.15) is 0 Å². The van der Waals surface area contributed by atoms with Crippen molar-refractivity contribution in [2.75, 3.05) is 5.32 Å². The molecule has 0 aromatic heterocycles. The molecular formula is C17H20Cl2FN3O. The first-order chi connectivity index (χ1) is 10.5. The zero-order valence-corrected chi connectivity index (χ0v) is 14.7. The highest BCUT2D eigenvalue weighted by Crippen LogP contribution is 2.33. The first-order valence-electron chi connectivity index (χ1n) is 7.08. The molecule has 3 rings (SSSR count). The summed E-state index contributed by atoms with van der Waals surface area (Å²) in [6.45, 7) is 1.81. The van der Waals surface area contributed by atoms with Crippen LogP contribution in [0.1, 0.15) is 24.1 Å². The normalized spacial score (nSPS) is 13.6. The van der Waals surface area contributed by atoms with Crippen molar-refractivity contribution in [1.82, 2.24) is 0 Å². The highest BCUT2D eigenvalue weighted by atomic mass is 35.5. The third-order valence-corrected chi connectivity index (χ3v) is 3.71. The lowest BCUT2D eigenvalue weighted by Crippen LogP contribution is -2.20. The van der Waals surface area contributed by atoms with Gasteiger partial charge in [-0.15, -0.1) is 24.8 Å². The number of ether oxygens (including phenoxy) is 1. The third kappa shape index (κ3) is 4.32. The topological polar surface area (TPSA) is 73.3 Å². The summed E-state index contributed by atoms with van der Waals surface area (Å²) >= 11 is 0. The van der Waals surface area contributed by atoms with Crippen molar-refractivity contribution >= 4 is 30.5 Å². The Balaban J connectivity index is 0.00000144. The number of anilines is 1. The monoisotopic (exact) mass is 371 g/mol. The summed E-state index contributed by atoms with van der Waals surface area (Å²) in [4.78, 5) is 0. The number of allylic oxidation sites excluding steroid dienone is 1. The van der Waals surface area contributed by atoms with Crippen molar-refractivity contribution in [3.8, 4) is 5.75 Å². The van der Waals surface area contributed by atoms with Crippen molar-refractivity contribution < 1.29 is 9.13 Å². The molecule has 0 spiro atoms. The number of hydrogen-bond acceptors (Lipinski definition) is 4. The largest absolute Gasteiger partial charge is 0.456 e. The van der Waals surface area contributed by atoms with Gasteiger partial charge in [0.05, 0.1) is 5.69 Å². The van der Waals surface area contributed by atoms with E-state index in [0.717, 1.165) is 22.6 Å². The highest BCUT2D eigenvalue weighted by Gasteiger charge is 2.16. The van der Waals surface area contributed by atoms with Crippen molar-refractivity contribution in [1.29, 1.82) is 0 Å². The van der Waals surface area contributed by atoms with Crippen molar-refractivity contribution in [2.45, 2.75) is 19.4 Å². The van der Waals surface area contributed by atoms with E-state index in [2.05, 4.69) is 5.32 Å². The molecule has 0 bridgehead atoms. The lowest BCUT2D eigenvalue weighted by molar-refractivity contribution is 0.415. The maximum atomic E-state index is 12.9.